The summed E-state index contributed by atoms with van der Waals surface area (Å²) in [5.41, 5.74) is 10.3. The summed E-state index contributed by atoms with van der Waals surface area (Å²) in [6.45, 7) is 4.58. The third-order valence-corrected chi connectivity index (χ3v) is 1.71. The van der Waals surface area contributed by atoms with Crippen LogP contribution in [0.2, 0.25) is 0 Å². The SMILES string of the molecule is CC(C)NC(=O)CCNCC(N)C(N)=O. The first-order valence-corrected chi connectivity index (χ1v) is 4.98. The molecular weight excluding hydrogens is 196 g/mol. The molecule has 88 valence electrons. The summed E-state index contributed by atoms with van der Waals surface area (Å²) in [5.74, 6) is -0.570. The molecule has 1 unspecified atom stereocenters. The summed E-state index contributed by atoms with van der Waals surface area (Å²) >= 11 is 0. The van der Waals surface area contributed by atoms with Crippen molar-refractivity contribution in [2.24, 2.45) is 11.5 Å². The van der Waals surface area contributed by atoms with Crippen molar-refractivity contribution in [1.29, 1.82) is 0 Å². The smallest absolute Gasteiger partial charge is 0.235 e. The molecule has 2 amide bonds. The van der Waals surface area contributed by atoms with Crippen molar-refractivity contribution < 1.29 is 9.59 Å². The van der Waals surface area contributed by atoms with E-state index < -0.39 is 11.9 Å². The zero-order valence-electron chi connectivity index (χ0n) is 9.25. The Labute approximate surface area is 89.8 Å². The van der Waals surface area contributed by atoms with Gasteiger partial charge in [0.2, 0.25) is 11.8 Å². The van der Waals surface area contributed by atoms with E-state index in [1.54, 1.807) is 0 Å². The highest BCUT2D eigenvalue weighted by atomic mass is 16.2. The van der Waals surface area contributed by atoms with Gasteiger partial charge in [0.25, 0.3) is 0 Å². The molecule has 0 fully saturated rings. The average molecular weight is 216 g/mol. The maximum Gasteiger partial charge on any atom is 0.235 e. The Morgan fingerprint density at radius 3 is 2.40 bits per heavy atom. The van der Waals surface area contributed by atoms with Gasteiger partial charge in [-0.25, -0.2) is 0 Å². The fourth-order valence-corrected chi connectivity index (χ4v) is 0.954. The van der Waals surface area contributed by atoms with Crippen molar-refractivity contribution in [1.82, 2.24) is 10.6 Å². The largest absolute Gasteiger partial charge is 0.368 e. The summed E-state index contributed by atoms with van der Waals surface area (Å²) in [6, 6.07) is -0.552. The first-order valence-electron chi connectivity index (χ1n) is 4.98. The third kappa shape index (κ3) is 7.90. The minimum atomic E-state index is -0.696. The van der Waals surface area contributed by atoms with Gasteiger partial charge in [-0.3, -0.25) is 9.59 Å². The number of carbonyl (C=O) groups excluding carboxylic acids is 2. The fourth-order valence-electron chi connectivity index (χ4n) is 0.954. The first kappa shape index (κ1) is 13.9. The molecule has 0 aromatic rings. The minimum Gasteiger partial charge on any atom is -0.368 e. The molecule has 0 aliphatic carbocycles. The Kier molecular flexibility index (Phi) is 6.64. The van der Waals surface area contributed by atoms with Crippen molar-refractivity contribution in [3.63, 3.8) is 0 Å². The molecule has 15 heavy (non-hydrogen) atoms. The van der Waals surface area contributed by atoms with Crippen molar-refractivity contribution >= 4 is 11.8 Å². The second kappa shape index (κ2) is 7.19. The molecule has 0 saturated heterocycles. The maximum atomic E-state index is 11.2. The molecule has 0 spiro atoms. The molecule has 0 rings (SSSR count). The van der Waals surface area contributed by atoms with E-state index in [1.807, 2.05) is 13.8 Å². The lowest BCUT2D eigenvalue weighted by atomic mass is 10.3. The lowest BCUT2D eigenvalue weighted by Crippen LogP contribution is -2.45. The molecular formula is C9H20N4O2. The van der Waals surface area contributed by atoms with E-state index in [9.17, 15) is 9.59 Å². The fraction of sp³-hybridized carbons (Fsp3) is 0.778. The van der Waals surface area contributed by atoms with Crippen molar-refractivity contribution in [3.8, 4) is 0 Å². The number of nitrogens with one attached hydrogen (secondary N) is 2. The van der Waals surface area contributed by atoms with E-state index >= 15 is 0 Å². The Hall–Kier alpha value is -1.14. The number of hydrogen-bond acceptors (Lipinski definition) is 4. The van der Waals surface area contributed by atoms with Crippen LogP contribution < -0.4 is 22.1 Å². The van der Waals surface area contributed by atoms with Gasteiger partial charge in [-0.15, -0.1) is 0 Å². The second-order valence-corrected chi connectivity index (χ2v) is 3.69. The van der Waals surface area contributed by atoms with E-state index in [-0.39, 0.29) is 11.9 Å². The summed E-state index contributed by atoms with van der Waals surface area (Å²) in [6.07, 6.45) is 0.365. The highest BCUT2D eigenvalue weighted by Crippen LogP contribution is 1.82. The lowest BCUT2D eigenvalue weighted by molar-refractivity contribution is -0.121. The van der Waals surface area contributed by atoms with Gasteiger partial charge >= 0.3 is 0 Å². The van der Waals surface area contributed by atoms with E-state index in [2.05, 4.69) is 10.6 Å². The molecule has 6 nitrogen and oxygen atoms in total. The van der Waals surface area contributed by atoms with Gasteiger partial charge in [0.05, 0.1) is 6.04 Å². The summed E-state index contributed by atoms with van der Waals surface area (Å²) in [5, 5.41) is 5.64. The van der Waals surface area contributed by atoms with Gasteiger partial charge in [-0.1, -0.05) is 0 Å². The van der Waals surface area contributed by atoms with Gasteiger partial charge in [0.15, 0.2) is 0 Å². The minimum absolute atomic E-state index is 0.0230. The van der Waals surface area contributed by atoms with Crippen LogP contribution in [0.25, 0.3) is 0 Å². The molecule has 0 bridgehead atoms. The summed E-state index contributed by atoms with van der Waals surface area (Å²) < 4.78 is 0. The molecule has 6 heteroatoms. The Bertz CT molecular complexity index is 218. The van der Waals surface area contributed by atoms with Crippen LogP contribution >= 0.6 is 0 Å². The Morgan fingerprint density at radius 1 is 1.33 bits per heavy atom. The predicted octanol–water partition coefficient (Wildman–Crippen LogP) is -1.70. The van der Waals surface area contributed by atoms with Crippen molar-refractivity contribution in [2.45, 2.75) is 32.4 Å². The topological polar surface area (TPSA) is 110 Å². The maximum absolute atomic E-state index is 11.2. The Morgan fingerprint density at radius 2 is 1.93 bits per heavy atom. The van der Waals surface area contributed by atoms with Gasteiger partial charge in [-0.2, -0.15) is 0 Å². The molecule has 0 saturated carbocycles. The van der Waals surface area contributed by atoms with E-state index in [0.717, 1.165) is 0 Å². The predicted molar refractivity (Wildman–Crippen MR) is 57.9 cm³/mol. The van der Waals surface area contributed by atoms with E-state index in [0.29, 0.717) is 19.5 Å². The molecule has 0 radical (unpaired) electrons. The Balaban J connectivity index is 3.46. The lowest BCUT2D eigenvalue weighted by Gasteiger charge is -2.10. The molecule has 6 N–H and O–H groups in total. The van der Waals surface area contributed by atoms with Crippen LogP contribution in [-0.4, -0.2) is 37.0 Å². The average Bonchev–Trinajstić information content (AvgIpc) is 2.10. The number of rotatable bonds is 7. The van der Waals surface area contributed by atoms with E-state index in [1.165, 1.54) is 0 Å². The number of nitrogens with two attached hydrogens (primary N) is 2. The first-order chi connectivity index (χ1) is 6.93. The van der Waals surface area contributed by atoms with Gasteiger partial charge in [0.1, 0.15) is 0 Å². The third-order valence-electron chi connectivity index (χ3n) is 1.71. The molecule has 0 aliphatic heterocycles. The summed E-state index contributed by atoms with van der Waals surface area (Å²) in [7, 11) is 0. The number of carbonyl (C=O) groups is 2. The molecule has 0 aromatic heterocycles. The zero-order chi connectivity index (χ0) is 11.8. The molecule has 0 aliphatic rings. The summed E-state index contributed by atoms with van der Waals surface area (Å²) in [4.78, 5) is 21.7. The van der Waals surface area contributed by atoms with Gasteiger partial charge < -0.3 is 22.1 Å². The highest BCUT2D eigenvalue weighted by molar-refractivity contribution is 5.79. The monoisotopic (exact) mass is 216 g/mol. The molecule has 1 atom stereocenters. The number of hydrogen-bond donors (Lipinski definition) is 4. The van der Waals surface area contributed by atoms with Gasteiger partial charge in [-0.05, 0) is 13.8 Å². The van der Waals surface area contributed by atoms with Crippen LogP contribution in [0.5, 0.6) is 0 Å². The number of primary amides is 1. The standard InChI is InChI=1S/C9H20N4O2/c1-6(2)13-8(14)3-4-12-5-7(10)9(11)15/h6-7,12H,3-5,10H2,1-2H3,(H2,11,15)(H,13,14). The zero-order valence-corrected chi connectivity index (χ0v) is 9.25. The van der Waals surface area contributed by atoms with Crippen LogP contribution in [0.1, 0.15) is 20.3 Å². The van der Waals surface area contributed by atoms with Crippen LogP contribution in [0.15, 0.2) is 0 Å². The molecule has 0 aromatic carbocycles. The number of amides is 2. The van der Waals surface area contributed by atoms with Crippen molar-refractivity contribution in [2.75, 3.05) is 13.1 Å². The quantitative estimate of drug-likeness (QED) is 0.380. The highest BCUT2D eigenvalue weighted by Gasteiger charge is 2.08. The van der Waals surface area contributed by atoms with Crippen molar-refractivity contribution in [3.05, 3.63) is 0 Å². The van der Waals surface area contributed by atoms with E-state index in [4.69, 9.17) is 11.5 Å². The normalized spacial score (nSPS) is 12.5. The van der Waals surface area contributed by atoms with Gasteiger partial charge in [0, 0.05) is 25.6 Å². The van der Waals surface area contributed by atoms with Crippen LogP contribution in [0.3, 0.4) is 0 Å². The molecule has 0 heterocycles. The van der Waals surface area contributed by atoms with Crippen LogP contribution in [-0.2, 0) is 9.59 Å². The van der Waals surface area contributed by atoms with Crippen LogP contribution in [0.4, 0.5) is 0 Å². The second-order valence-electron chi connectivity index (χ2n) is 3.69. The van der Waals surface area contributed by atoms with Crippen LogP contribution in [0, 0.1) is 0 Å².